The van der Waals surface area contributed by atoms with Gasteiger partial charge in [-0.05, 0) is 39.0 Å². The Balaban J connectivity index is 0.00000280. The van der Waals surface area contributed by atoms with Crippen molar-refractivity contribution in [3.8, 4) is 0 Å². The number of halogens is 1. The van der Waals surface area contributed by atoms with E-state index in [0.29, 0.717) is 19.0 Å². The Morgan fingerprint density at radius 2 is 1.89 bits per heavy atom. The Labute approximate surface area is 183 Å². The molecule has 2 aliphatic rings. The minimum atomic E-state index is 0. The number of nitrogens with zero attached hydrogens (tertiary/aromatic N) is 5. The van der Waals surface area contributed by atoms with Crippen LogP contribution in [-0.4, -0.2) is 63.8 Å². The molecule has 0 bridgehead atoms. The predicted molar refractivity (Wildman–Crippen MR) is 119 cm³/mol. The number of rotatable bonds is 7. The number of carbonyl (C=O) groups is 1. The second kappa shape index (κ2) is 11.4. The molecule has 1 aromatic heterocycles. The van der Waals surface area contributed by atoms with E-state index in [1.807, 2.05) is 11.8 Å². The summed E-state index contributed by atoms with van der Waals surface area (Å²) in [6.45, 7) is 6.63. The molecule has 2 aliphatic heterocycles. The zero-order chi connectivity index (χ0) is 19.1. The fraction of sp³-hybridized carbons (Fsp3) is 0.778. The van der Waals surface area contributed by atoms with Gasteiger partial charge in [-0.15, -0.1) is 24.0 Å². The highest BCUT2D eigenvalue weighted by atomic mass is 127. The van der Waals surface area contributed by atoms with E-state index in [4.69, 9.17) is 0 Å². The third-order valence-electron chi connectivity index (χ3n) is 5.05. The van der Waals surface area contributed by atoms with E-state index in [2.05, 4.69) is 20.7 Å². The van der Waals surface area contributed by atoms with Crippen LogP contribution in [0.25, 0.3) is 0 Å². The molecule has 9 nitrogen and oxygen atoms in total. The average Bonchev–Trinajstić information content (AvgIpc) is 3.32. The van der Waals surface area contributed by atoms with Gasteiger partial charge in [0, 0.05) is 45.7 Å². The number of likely N-dealkylation sites (tertiary alicyclic amines) is 1. The van der Waals surface area contributed by atoms with Gasteiger partial charge in [0.25, 0.3) is 0 Å². The van der Waals surface area contributed by atoms with Crippen molar-refractivity contribution in [3.05, 3.63) is 16.3 Å². The number of hydrogen-bond donors (Lipinski definition) is 2. The maximum Gasteiger partial charge on any atom is 0.345 e. The van der Waals surface area contributed by atoms with Crippen molar-refractivity contribution < 1.29 is 4.79 Å². The number of hydrogen-bond acceptors (Lipinski definition) is 4. The van der Waals surface area contributed by atoms with E-state index in [9.17, 15) is 9.59 Å². The van der Waals surface area contributed by atoms with Gasteiger partial charge in [-0.25, -0.2) is 14.5 Å². The molecule has 158 valence electrons. The summed E-state index contributed by atoms with van der Waals surface area (Å²) in [5.74, 6) is 1.64. The molecule has 0 aromatic carbocycles. The van der Waals surface area contributed by atoms with Crippen molar-refractivity contribution in [2.24, 2.45) is 4.99 Å². The van der Waals surface area contributed by atoms with Crippen molar-refractivity contribution in [1.82, 2.24) is 29.9 Å². The lowest BCUT2D eigenvalue weighted by molar-refractivity contribution is -0.128. The maximum absolute atomic E-state index is 12.3. The number of aryl methyl sites for hydroxylation is 2. The second-order valence-electron chi connectivity index (χ2n) is 7.09. The van der Waals surface area contributed by atoms with Crippen LogP contribution in [0.15, 0.2) is 9.79 Å². The highest BCUT2D eigenvalue weighted by Crippen LogP contribution is 2.09. The van der Waals surface area contributed by atoms with Crippen molar-refractivity contribution in [3.63, 3.8) is 0 Å². The molecule has 1 aromatic rings. The summed E-state index contributed by atoms with van der Waals surface area (Å²) >= 11 is 0. The van der Waals surface area contributed by atoms with Crippen LogP contribution in [0.3, 0.4) is 0 Å². The van der Waals surface area contributed by atoms with Crippen molar-refractivity contribution in [2.45, 2.75) is 58.5 Å². The first kappa shape index (κ1) is 22.7. The largest absolute Gasteiger partial charge is 0.357 e. The highest BCUT2D eigenvalue weighted by Gasteiger charge is 2.18. The first-order chi connectivity index (χ1) is 13.2. The Bertz CT molecular complexity index is 722. The van der Waals surface area contributed by atoms with E-state index in [1.165, 1.54) is 0 Å². The molecule has 3 heterocycles. The first-order valence-corrected chi connectivity index (χ1v) is 10.2. The molecule has 0 unspecified atom stereocenters. The molecular weight excluding hydrogens is 473 g/mol. The fourth-order valence-electron chi connectivity index (χ4n) is 3.58. The predicted octanol–water partition coefficient (Wildman–Crippen LogP) is 0.567. The molecule has 0 atom stereocenters. The summed E-state index contributed by atoms with van der Waals surface area (Å²) in [5.41, 5.74) is 0.00137. The molecule has 0 saturated carbocycles. The van der Waals surface area contributed by atoms with Gasteiger partial charge in [-0.1, -0.05) is 0 Å². The summed E-state index contributed by atoms with van der Waals surface area (Å²) in [7, 11) is 0. The molecule has 0 aliphatic carbocycles. The van der Waals surface area contributed by atoms with Gasteiger partial charge >= 0.3 is 5.69 Å². The molecule has 1 amide bonds. The van der Waals surface area contributed by atoms with E-state index < -0.39 is 0 Å². The zero-order valence-electron chi connectivity index (χ0n) is 16.7. The van der Waals surface area contributed by atoms with Gasteiger partial charge in [0.1, 0.15) is 12.4 Å². The minimum Gasteiger partial charge on any atom is -0.357 e. The second-order valence-corrected chi connectivity index (χ2v) is 7.09. The maximum atomic E-state index is 12.3. The number of amides is 1. The van der Waals surface area contributed by atoms with Crippen LogP contribution < -0.4 is 16.3 Å². The first-order valence-electron chi connectivity index (χ1n) is 10.2. The molecule has 0 spiro atoms. The van der Waals surface area contributed by atoms with Crippen molar-refractivity contribution >= 4 is 35.8 Å². The molecule has 0 radical (unpaired) electrons. The molecule has 1 saturated heterocycles. The van der Waals surface area contributed by atoms with Crippen LogP contribution >= 0.6 is 24.0 Å². The lowest BCUT2D eigenvalue weighted by atomic mass is 10.2. The summed E-state index contributed by atoms with van der Waals surface area (Å²) in [6.07, 6.45) is 5.99. The van der Waals surface area contributed by atoms with Crippen LogP contribution in [0, 0.1) is 0 Å². The van der Waals surface area contributed by atoms with Gasteiger partial charge in [0.05, 0.1) is 0 Å². The monoisotopic (exact) mass is 505 g/mol. The van der Waals surface area contributed by atoms with Crippen LogP contribution in [0.1, 0.15) is 44.9 Å². The molecule has 10 heteroatoms. The normalized spacial score (nSPS) is 16.5. The Kier molecular flexibility index (Phi) is 9.26. The van der Waals surface area contributed by atoms with Gasteiger partial charge in [-0.2, -0.15) is 5.10 Å². The molecular formula is C18H32IN7O2. The summed E-state index contributed by atoms with van der Waals surface area (Å²) in [6, 6.07) is 0. The zero-order valence-corrected chi connectivity index (χ0v) is 19.0. The van der Waals surface area contributed by atoms with Gasteiger partial charge in [0.15, 0.2) is 5.96 Å². The molecule has 28 heavy (non-hydrogen) atoms. The molecule has 2 N–H and O–H groups in total. The van der Waals surface area contributed by atoms with E-state index >= 15 is 0 Å². The third kappa shape index (κ3) is 5.95. The van der Waals surface area contributed by atoms with E-state index in [-0.39, 0.29) is 42.1 Å². The Hall–Kier alpha value is -1.59. The number of aliphatic imine (C=N–C) groups is 1. The SMILES string of the molecule is CCNC(=NCC(=O)N1CCCC1)NCCCn1nc2n(c1=O)CCCC2.I. The van der Waals surface area contributed by atoms with Crippen LogP contribution in [-0.2, 0) is 24.3 Å². The fourth-order valence-corrected chi connectivity index (χ4v) is 3.58. The number of aromatic nitrogens is 3. The van der Waals surface area contributed by atoms with Gasteiger partial charge in [-0.3, -0.25) is 9.36 Å². The summed E-state index contributed by atoms with van der Waals surface area (Å²) in [5, 5.41) is 10.8. The minimum absolute atomic E-state index is 0. The standard InChI is InChI=1S/C18H31N7O2.HI/c1-2-19-17(21-14-16(26)23-10-5-6-11-23)20-9-7-13-25-18(27)24-12-4-3-8-15(24)22-25;/h2-14H2,1H3,(H2,19,20,21);1H. The van der Waals surface area contributed by atoms with E-state index in [1.54, 1.807) is 9.25 Å². The number of nitrogens with one attached hydrogen (secondary N) is 2. The van der Waals surface area contributed by atoms with Crippen molar-refractivity contribution in [2.75, 3.05) is 32.7 Å². The molecule has 3 rings (SSSR count). The average molecular weight is 505 g/mol. The summed E-state index contributed by atoms with van der Waals surface area (Å²) in [4.78, 5) is 30.7. The quantitative estimate of drug-likeness (QED) is 0.245. The van der Waals surface area contributed by atoms with Crippen LogP contribution in [0.5, 0.6) is 0 Å². The van der Waals surface area contributed by atoms with Crippen LogP contribution in [0.2, 0.25) is 0 Å². The summed E-state index contributed by atoms with van der Waals surface area (Å²) < 4.78 is 3.37. The third-order valence-corrected chi connectivity index (χ3v) is 5.05. The topological polar surface area (TPSA) is 96.6 Å². The lowest BCUT2D eigenvalue weighted by Gasteiger charge is -2.15. The van der Waals surface area contributed by atoms with Crippen molar-refractivity contribution in [1.29, 1.82) is 0 Å². The lowest BCUT2D eigenvalue weighted by Crippen LogP contribution is -2.39. The number of fused-ring (bicyclic) bond motifs is 1. The highest BCUT2D eigenvalue weighted by molar-refractivity contribution is 14.0. The number of carbonyl (C=O) groups excluding carboxylic acids is 1. The van der Waals surface area contributed by atoms with E-state index in [0.717, 1.165) is 70.5 Å². The van der Waals surface area contributed by atoms with Crippen LogP contribution in [0.4, 0.5) is 0 Å². The Morgan fingerprint density at radius 3 is 2.61 bits per heavy atom. The number of guanidine groups is 1. The van der Waals surface area contributed by atoms with Gasteiger partial charge in [0.2, 0.25) is 5.91 Å². The molecule has 1 fully saturated rings. The smallest absolute Gasteiger partial charge is 0.345 e. The van der Waals surface area contributed by atoms with Gasteiger partial charge < -0.3 is 15.5 Å². The Morgan fingerprint density at radius 1 is 1.14 bits per heavy atom.